The molecule has 0 saturated carbocycles. The Morgan fingerprint density at radius 2 is 1.89 bits per heavy atom. The van der Waals surface area contributed by atoms with Crippen molar-refractivity contribution >= 4 is 32.6 Å². The summed E-state index contributed by atoms with van der Waals surface area (Å²) >= 11 is 0. The molecule has 0 aromatic carbocycles. The van der Waals surface area contributed by atoms with Gasteiger partial charge in [-0.15, -0.1) is 0 Å². The highest BCUT2D eigenvalue weighted by Gasteiger charge is 2.22. The summed E-state index contributed by atoms with van der Waals surface area (Å²) < 4.78 is 0. The number of hydrogen-bond acceptors (Lipinski definition) is 4. The normalized spacial score (nSPS) is 13.9. The number of carbonyl (C=O) groups excluding carboxylic acids is 3. The van der Waals surface area contributed by atoms with Crippen molar-refractivity contribution in [3.05, 3.63) is 0 Å². The Hall–Kier alpha value is -0.735. The third-order valence-electron chi connectivity index (χ3n) is 2.64. The maximum atomic E-state index is 12.0. The molecule has 3 N–H and O–H groups in total. The lowest BCUT2D eigenvalue weighted by Gasteiger charge is -2.18. The SMILES string of the molecule is [B]P(C)C(=O)CNC(=O)C(CC(=O)CN)CC(C)C. The van der Waals surface area contributed by atoms with Crippen LogP contribution in [0.1, 0.15) is 26.7 Å². The van der Waals surface area contributed by atoms with E-state index in [4.69, 9.17) is 13.3 Å². The summed E-state index contributed by atoms with van der Waals surface area (Å²) in [6.45, 7) is 5.45. The van der Waals surface area contributed by atoms with Crippen LogP contribution < -0.4 is 11.1 Å². The van der Waals surface area contributed by atoms with Crippen LogP contribution in [0.3, 0.4) is 0 Å². The van der Waals surface area contributed by atoms with Gasteiger partial charge in [0.1, 0.15) is 13.3 Å². The van der Waals surface area contributed by atoms with Crippen LogP contribution in [-0.4, -0.2) is 44.5 Å². The highest BCUT2D eigenvalue weighted by atomic mass is 31.1. The van der Waals surface area contributed by atoms with E-state index in [1.54, 1.807) is 6.66 Å². The highest BCUT2D eigenvalue weighted by Crippen LogP contribution is 2.23. The smallest absolute Gasteiger partial charge is 0.223 e. The van der Waals surface area contributed by atoms with E-state index in [1.807, 2.05) is 13.8 Å². The van der Waals surface area contributed by atoms with Gasteiger partial charge in [-0.1, -0.05) is 21.6 Å². The zero-order valence-corrected chi connectivity index (χ0v) is 12.7. The van der Waals surface area contributed by atoms with Crippen LogP contribution in [0.25, 0.3) is 0 Å². The minimum Gasteiger partial charge on any atom is -0.348 e. The van der Waals surface area contributed by atoms with Crippen LogP contribution in [0.2, 0.25) is 0 Å². The number of carbonyl (C=O) groups is 3. The number of ketones is 1. The summed E-state index contributed by atoms with van der Waals surface area (Å²) in [6, 6.07) is 0. The molecule has 0 aromatic heterocycles. The van der Waals surface area contributed by atoms with Gasteiger partial charge in [-0.05, 0) is 19.0 Å². The Morgan fingerprint density at radius 3 is 2.32 bits per heavy atom. The van der Waals surface area contributed by atoms with Crippen molar-refractivity contribution in [3.8, 4) is 0 Å². The molecule has 2 atom stereocenters. The van der Waals surface area contributed by atoms with Gasteiger partial charge in [-0.2, -0.15) is 0 Å². The van der Waals surface area contributed by atoms with Crippen molar-refractivity contribution in [2.45, 2.75) is 26.7 Å². The maximum Gasteiger partial charge on any atom is 0.223 e. The molecule has 0 aliphatic carbocycles. The Bertz CT molecular complexity index is 335. The molecule has 19 heavy (non-hydrogen) atoms. The number of hydrogen-bond donors (Lipinski definition) is 2. The molecule has 106 valence electrons. The fraction of sp³-hybridized carbons (Fsp3) is 0.750. The highest BCUT2D eigenvalue weighted by molar-refractivity contribution is 7.94. The van der Waals surface area contributed by atoms with Gasteiger partial charge in [0.15, 0.2) is 5.52 Å². The monoisotopic (exact) mass is 284 g/mol. The fourth-order valence-electron chi connectivity index (χ4n) is 1.64. The summed E-state index contributed by atoms with van der Waals surface area (Å²) in [7, 11) is 4.29. The van der Waals surface area contributed by atoms with Crippen LogP contribution in [-0.2, 0) is 14.4 Å². The van der Waals surface area contributed by atoms with Gasteiger partial charge in [0, 0.05) is 12.3 Å². The predicted octanol–water partition coefficient (Wildman–Crippen LogP) is 0.405. The summed E-state index contributed by atoms with van der Waals surface area (Å²) in [6.07, 6.45) is 0.716. The summed E-state index contributed by atoms with van der Waals surface area (Å²) in [5.74, 6) is -0.566. The molecule has 7 heteroatoms. The Morgan fingerprint density at radius 1 is 1.32 bits per heavy atom. The van der Waals surface area contributed by atoms with E-state index in [9.17, 15) is 14.4 Å². The average Bonchev–Trinajstić information content (AvgIpc) is 2.33. The molecule has 2 unspecified atom stereocenters. The van der Waals surface area contributed by atoms with E-state index in [0.29, 0.717) is 6.42 Å². The molecule has 2 radical (unpaired) electrons. The molecule has 0 saturated heterocycles. The topological polar surface area (TPSA) is 89.3 Å². The van der Waals surface area contributed by atoms with E-state index in [-0.39, 0.29) is 42.6 Å². The second-order valence-electron chi connectivity index (χ2n) is 5.00. The van der Waals surface area contributed by atoms with Crippen LogP contribution in [0.15, 0.2) is 0 Å². The fourth-order valence-corrected chi connectivity index (χ4v) is 1.97. The zero-order valence-electron chi connectivity index (χ0n) is 11.8. The lowest BCUT2D eigenvalue weighted by atomic mass is 9.91. The van der Waals surface area contributed by atoms with Crippen molar-refractivity contribution in [1.29, 1.82) is 0 Å². The second-order valence-corrected chi connectivity index (χ2v) is 6.72. The molecule has 5 nitrogen and oxygen atoms in total. The molecule has 0 spiro atoms. The van der Waals surface area contributed by atoms with Crippen molar-refractivity contribution in [2.24, 2.45) is 17.6 Å². The Labute approximate surface area is 117 Å². The number of nitrogens with one attached hydrogen (secondary N) is 1. The van der Waals surface area contributed by atoms with Gasteiger partial charge < -0.3 is 11.1 Å². The van der Waals surface area contributed by atoms with Gasteiger partial charge in [-0.25, -0.2) is 0 Å². The van der Waals surface area contributed by atoms with E-state index in [2.05, 4.69) is 5.32 Å². The van der Waals surface area contributed by atoms with Crippen molar-refractivity contribution < 1.29 is 14.4 Å². The first-order valence-electron chi connectivity index (χ1n) is 6.28. The molecular formula is C12H22BN2O3P. The molecule has 1 amide bonds. The first-order valence-corrected chi connectivity index (χ1v) is 8.14. The molecule has 0 rings (SSSR count). The van der Waals surface area contributed by atoms with E-state index >= 15 is 0 Å². The molecular weight excluding hydrogens is 262 g/mol. The molecule has 0 bridgehead atoms. The van der Waals surface area contributed by atoms with Gasteiger partial charge in [-0.3, -0.25) is 14.4 Å². The number of nitrogens with two attached hydrogens (primary N) is 1. The minimum atomic E-state index is -1.19. The quantitative estimate of drug-likeness (QED) is 0.474. The van der Waals surface area contributed by atoms with Gasteiger partial charge in [0.2, 0.25) is 5.91 Å². The third-order valence-corrected chi connectivity index (χ3v) is 3.58. The van der Waals surface area contributed by atoms with Crippen LogP contribution in [0.4, 0.5) is 0 Å². The number of amides is 1. The summed E-state index contributed by atoms with van der Waals surface area (Å²) in [5.41, 5.74) is 5.09. The average molecular weight is 284 g/mol. The first-order chi connectivity index (χ1) is 8.77. The summed E-state index contributed by atoms with van der Waals surface area (Å²) in [5, 5.41) is 2.55. The first kappa shape index (κ1) is 18.3. The summed E-state index contributed by atoms with van der Waals surface area (Å²) in [4.78, 5) is 34.7. The van der Waals surface area contributed by atoms with Crippen LogP contribution in [0, 0.1) is 11.8 Å². The molecule has 0 heterocycles. The molecule has 0 aliphatic heterocycles. The van der Waals surface area contributed by atoms with Gasteiger partial charge in [0.25, 0.3) is 0 Å². The number of rotatable bonds is 9. The van der Waals surface area contributed by atoms with Crippen molar-refractivity contribution in [2.75, 3.05) is 19.8 Å². The number of Topliss-reactive ketones (excluding diaryl/α,β-unsaturated/α-hetero) is 1. The third kappa shape index (κ3) is 8.12. The van der Waals surface area contributed by atoms with Crippen LogP contribution in [0.5, 0.6) is 0 Å². The standard InChI is InChI=1S/C12H22BN2O3P/c1-8(2)4-9(5-10(16)6-14)12(18)15-7-11(17)19(3)13/h8-9H,4-7,14H2,1-3H3,(H,15,18). The van der Waals surface area contributed by atoms with Crippen molar-refractivity contribution in [1.82, 2.24) is 5.32 Å². The van der Waals surface area contributed by atoms with E-state index < -0.39 is 13.7 Å². The Balaban J connectivity index is 4.45. The molecule has 0 aromatic rings. The Kier molecular flexibility index (Phi) is 8.86. The lowest BCUT2D eigenvalue weighted by Crippen LogP contribution is -2.36. The van der Waals surface area contributed by atoms with E-state index in [0.717, 1.165) is 0 Å². The zero-order chi connectivity index (χ0) is 15.0. The van der Waals surface area contributed by atoms with Gasteiger partial charge >= 0.3 is 0 Å². The van der Waals surface area contributed by atoms with Gasteiger partial charge in [0.05, 0.1) is 13.1 Å². The maximum absolute atomic E-state index is 12.0. The van der Waals surface area contributed by atoms with E-state index in [1.165, 1.54) is 0 Å². The predicted molar refractivity (Wildman–Crippen MR) is 78.2 cm³/mol. The van der Waals surface area contributed by atoms with Crippen LogP contribution >= 0.6 is 7.80 Å². The second kappa shape index (κ2) is 9.21. The van der Waals surface area contributed by atoms with Crippen molar-refractivity contribution in [3.63, 3.8) is 0 Å². The largest absolute Gasteiger partial charge is 0.348 e. The minimum absolute atomic E-state index is 0.0656. The molecule has 0 aliphatic rings. The molecule has 0 fully saturated rings. The lowest BCUT2D eigenvalue weighted by molar-refractivity contribution is -0.130.